The second-order valence-corrected chi connectivity index (χ2v) is 7.36. The molecule has 8 nitrogen and oxygen atoms in total. The quantitative estimate of drug-likeness (QED) is 0.321. The number of hydrogen-bond donors (Lipinski definition) is 1. The molecule has 1 amide bonds. The molecule has 0 aromatic carbocycles. The minimum absolute atomic E-state index is 0. The van der Waals surface area contributed by atoms with Crippen molar-refractivity contribution in [2.24, 2.45) is 4.99 Å². The maximum absolute atomic E-state index is 12.5. The number of nitrogens with one attached hydrogen (secondary N) is 1. The Labute approximate surface area is 202 Å². The fourth-order valence-electron chi connectivity index (χ4n) is 3.53. The lowest BCUT2D eigenvalue weighted by molar-refractivity contribution is -0.154. The second-order valence-electron chi connectivity index (χ2n) is 7.36. The van der Waals surface area contributed by atoms with Crippen molar-refractivity contribution in [3.8, 4) is 5.88 Å². The summed E-state index contributed by atoms with van der Waals surface area (Å²) in [5, 5.41) is 3.20. The highest BCUT2D eigenvalue weighted by Gasteiger charge is 2.31. The molecule has 12 heteroatoms. The van der Waals surface area contributed by atoms with Crippen molar-refractivity contribution in [3.63, 3.8) is 0 Å². The van der Waals surface area contributed by atoms with Crippen LogP contribution in [0.5, 0.6) is 5.88 Å². The first-order chi connectivity index (χ1) is 14.9. The monoisotopic (exact) mass is 571 g/mol. The van der Waals surface area contributed by atoms with Gasteiger partial charge in [0.15, 0.2) is 12.6 Å². The Hall–Kier alpha value is -1.83. The summed E-state index contributed by atoms with van der Waals surface area (Å²) in [5.41, 5.74) is 0.467. The topological polar surface area (TPSA) is 79.3 Å². The molecule has 2 fully saturated rings. The highest BCUT2D eigenvalue weighted by atomic mass is 127. The molecule has 180 valence electrons. The Morgan fingerprint density at radius 2 is 2.03 bits per heavy atom. The third kappa shape index (κ3) is 7.64. The van der Waals surface area contributed by atoms with Crippen LogP contribution in [0.3, 0.4) is 0 Å². The fourth-order valence-corrected chi connectivity index (χ4v) is 3.53. The van der Waals surface area contributed by atoms with E-state index in [-0.39, 0.29) is 48.4 Å². The zero-order valence-corrected chi connectivity index (χ0v) is 20.3. The maximum Gasteiger partial charge on any atom is 0.422 e. The van der Waals surface area contributed by atoms with Crippen molar-refractivity contribution in [3.05, 3.63) is 23.9 Å². The van der Waals surface area contributed by atoms with E-state index in [1.165, 1.54) is 6.20 Å². The van der Waals surface area contributed by atoms with Gasteiger partial charge in [0.1, 0.15) is 6.10 Å². The molecule has 32 heavy (non-hydrogen) atoms. The van der Waals surface area contributed by atoms with Gasteiger partial charge in [0.2, 0.25) is 5.88 Å². The number of alkyl halides is 3. The van der Waals surface area contributed by atoms with Crippen molar-refractivity contribution in [2.45, 2.75) is 38.6 Å². The van der Waals surface area contributed by atoms with Gasteiger partial charge >= 0.3 is 6.18 Å². The summed E-state index contributed by atoms with van der Waals surface area (Å²) in [4.78, 5) is 24.8. The first-order valence-electron chi connectivity index (χ1n) is 10.4. The Morgan fingerprint density at radius 3 is 2.66 bits per heavy atom. The molecule has 1 N–H and O–H groups in total. The van der Waals surface area contributed by atoms with E-state index in [2.05, 4.69) is 15.3 Å². The molecule has 1 aromatic heterocycles. The number of guanidine groups is 1. The summed E-state index contributed by atoms with van der Waals surface area (Å²) in [6.45, 7) is 4.28. The van der Waals surface area contributed by atoms with Crippen LogP contribution in [-0.2, 0) is 16.1 Å². The lowest BCUT2D eigenvalue weighted by Gasteiger charge is -2.37. The first-order valence-corrected chi connectivity index (χ1v) is 10.4. The molecule has 3 heterocycles. The first kappa shape index (κ1) is 26.4. The van der Waals surface area contributed by atoms with Gasteiger partial charge in [-0.2, -0.15) is 13.2 Å². The molecule has 0 saturated carbocycles. The number of pyridine rings is 1. The molecular formula is C20H29F3IN5O3. The number of carbonyl (C=O) groups is 1. The number of nitrogens with zero attached hydrogens (tertiary/aromatic N) is 4. The zero-order chi connectivity index (χ0) is 22.3. The number of carbonyl (C=O) groups excluding carboxylic acids is 1. The Kier molecular flexibility index (Phi) is 10.3. The number of halogens is 4. The lowest BCUT2D eigenvalue weighted by Crippen LogP contribution is -2.55. The van der Waals surface area contributed by atoms with E-state index < -0.39 is 12.8 Å². The number of piperazine rings is 1. The van der Waals surface area contributed by atoms with E-state index in [4.69, 9.17) is 9.47 Å². The molecule has 3 rings (SSSR count). The molecule has 1 aromatic rings. The number of ether oxygens (including phenoxy) is 2. The molecule has 2 aliphatic rings. The third-order valence-electron chi connectivity index (χ3n) is 5.05. The molecule has 2 aliphatic heterocycles. The van der Waals surface area contributed by atoms with Gasteiger partial charge in [0.25, 0.3) is 5.91 Å². The van der Waals surface area contributed by atoms with Gasteiger partial charge in [0, 0.05) is 51.1 Å². The molecule has 0 spiro atoms. The Bertz CT molecular complexity index is 767. The lowest BCUT2D eigenvalue weighted by atomic mass is 10.2. The van der Waals surface area contributed by atoms with Gasteiger partial charge < -0.3 is 24.6 Å². The van der Waals surface area contributed by atoms with Gasteiger partial charge in [-0.15, -0.1) is 24.0 Å². The molecule has 0 aliphatic carbocycles. The van der Waals surface area contributed by atoms with E-state index >= 15 is 0 Å². The molecule has 0 radical (unpaired) electrons. The predicted molar refractivity (Wildman–Crippen MR) is 123 cm³/mol. The van der Waals surface area contributed by atoms with Crippen LogP contribution in [0.15, 0.2) is 23.3 Å². The largest absolute Gasteiger partial charge is 0.468 e. The normalized spacial score (nSPS) is 19.5. The average Bonchev–Trinajstić information content (AvgIpc) is 3.30. The number of aromatic nitrogens is 1. The Balaban J connectivity index is 0.00000363. The summed E-state index contributed by atoms with van der Waals surface area (Å²) in [6.07, 6.45) is -1.69. The van der Waals surface area contributed by atoms with Crippen molar-refractivity contribution in [2.75, 3.05) is 45.9 Å². The third-order valence-corrected chi connectivity index (χ3v) is 5.05. The molecule has 1 unspecified atom stereocenters. The maximum atomic E-state index is 12.5. The van der Waals surface area contributed by atoms with Gasteiger partial charge in [-0.05, 0) is 25.8 Å². The van der Waals surface area contributed by atoms with Crippen molar-refractivity contribution < 1.29 is 27.4 Å². The van der Waals surface area contributed by atoms with E-state index in [1.54, 1.807) is 12.1 Å². The highest BCUT2D eigenvalue weighted by molar-refractivity contribution is 14.0. The summed E-state index contributed by atoms with van der Waals surface area (Å²) in [6, 6.07) is 3.28. The SMILES string of the molecule is CCNC(=NCc1cccnc1OCC(F)(F)F)N1CCN(C(=O)C2CCCO2)CC1.I. The molecule has 0 bridgehead atoms. The van der Waals surface area contributed by atoms with Crippen molar-refractivity contribution >= 4 is 35.8 Å². The van der Waals surface area contributed by atoms with Gasteiger partial charge in [-0.25, -0.2) is 9.98 Å². The van der Waals surface area contributed by atoms with Crippen LogP contribution >= 0.6 is 24.0 Å². The van der Waals surface area contributed by atoms with Crippen LogP contribution < -0.4 is 10.1 Å². The second kappa shape index (κ2) is 12.4. The van der Waals surface area contributed by atoms with Crippen LogP contribution in [0.1, 0.15) is 25.3 Å². The van der Waals surface area contributed by atoms with Gasteiger partial charge in [0.05, 0.1) is 6.54 Å². The summed E-state index contributed by atoms with van der Waals surface area (Å²) in [5.74, 6) is 0.602. The fraction of sp³-hybridized carbons (Fsp3) is 0.650. The van der Waals surface area contributed by atoms with Crippen LogP contribution in [0.25, 0.3) is 0 Å². The molecule has 2 saturated heterocycles. The van der Waals surface area contributed by atoms with Crippen molar-refractivity contribution in [1.82, 2.24) is 20.1 Å². The van der Waals surface area contributed by atoms with Crippen LogP contribution in [0, 0.1) is 0 Å². The highest BCUT2D eigenvalue weighted by Crippen LogP contribution is 2.21. The summed E-state index contributed by atoms with van der Waals surface area (Å²) in [7, 11) is 0. The number of amides is 1. The number of rotatable bonds is 6. The minimum Gasteiger partial charge on any atom is -0.468 e. The number of hydrogen-bond acceptors (Lipinski definition) is 5. The van der Waals surface area contributed by atoms with Crippen LogP contribution in [0.2, 0.25) is 0 Å². The smallest absolute Gasteiger partial charge is 0.422 e. The molecular weight excluding hydrogens is 542 g/mol. The van der Waals surface area contributed by atoms with Crippen molar-refractivity contribution in [1.29, 1.82) is 0 Å². The summed E-state index contributed by atoms with van der Waals surface area (Å²) < 4.78 is 47.8. The Morgan fingerprint density at radius 1 is 1.31 bits per heavy atom. The van der Waals surface area contributed by atoms with E-state index in [0.29, 0.717) is 50.9 Å². The van der Waals surface area contributed by atoms with E-state index in [9.17, 15) is 18.0 Å². The van der Waals surface area contributed by atoms with Crippen LogP contribution in [-0.4, -0.2) is 84.9 Å². The van der Waals surface area contributed by atoms with Gasteiger partial charge in [-0.1, -0.05) is 6.07 Å². The van der Waals surface area contributed by atoms with Gasteiger partial charge in [-0.3, -0.25) is 4.79 Å². The number of aliphatic imine (C=N–C) groups is 1. The van der Waals surface area contributed by atoms with E-state index in [0.717, 1.165) is 12.8 Å². The van der Waals surface area contributed by atoms with E-state index in [1.807, 2.05) is 16.7 Å². The predicted octanol–water partition coefficient (Wildman–Crippen LogP) is 2.43. The minimum atomic E-state index is -4.44. The summed E-state index contributed by atoms with van der Waals surface area (Å²) >= 11 is 0. The average molecular weight is 571 g/mol. The molecule has 1 atom stereocenters. The standard InChI is InChI=1S/C20H28F3N5O3.HI/c1-2-24-19(26-13-15-5-3-7-25-17(15)31-14-20(21,22)23)28-10-8-27(9-11-28)18(29)16-6-4-12-30-16;/h3,5,7,16H,2,4,6,8-14H2,1H3,(H,24,26);1H. The zero-order valence-electron chi connectivity index (χ0n) is 17.9. The van der Waals surface area contributed by atoms with Crippen LogP contribution in [0.4, 0.5) is 13.2 Å².